The quantitative estimate of drug-likeness (QED) is 0.713. The van der Waals surface area contributed by atoms with E-state index in [9.17, 15) is 9.59 Å². The van der Waals surface area contributed by atoms with Gasteiger partial charge in [-0.3, -0.25) is 9.59 Å². The molecule has 1 heterocycles. The number of carbonyl (C=O) groups is 2. The van der Waals surface area contributed by atoms with E-state index >= 15 is 0 Å². The van der Waals surface area contributed by atoms with Gasteiger partial charge < -0.3 is 10.6 Å². The number of aromatic nitrogens is 4. The number of halogens is 1. The highest BCUT2D eigenvalue weighted by atomic mass is 35.5. The Kier molecular flexibility index (Phi) is 4.61. The van der Waals surface area contributed by atoms with Crippen molar-refractivity contribution in [2.75, 3.05) is 6.54 Å². The van der Waals surface area contributed by atoms with Crippen molar-refractivity contribution in [3.05, 3.63) is 40.7 Å². The number of aromatic amines is 1. The number of benzene rings is 1. The van der Waals surface area contributed by atoms with Crippen molar-refractivity contribution in [3.8, 4) is 0 Å². The third-order valence-electron chi connectivity index (χ3n) is 2.35. The van der Waals surface area contributed by atoms with Crippen LogP contribution < -0.4 is 10.6 Å². The molecule has 0 aliphatic carbocycles. The van der Waals surface area contributed by atoms with Crippen molar-refractivity contribution in [2.45, 2.75) is 6.54 Å². The van der Waals surface area contributed by atoms with Gasteiger partial charge in [0.05, 0.1) is 13.1 Å². The zero-order chi connectivity index (χ0) is 14.4. The van der Waals surface area contributed by atoms with Crippen molar-refractivity contribution in [1.82, 2.24) is 31.3 Å². The van der Waals surface area contributed by atoms with Crippen molar-refractivity contribution < 1.29 is 9.59 Å². The molecule has 104 valence electrons. The summed E-state index contributed by atoms with van der Waals surface area (Å²) in [6.45, 7) is 0.00542. The standard InChI is InChI=1S/C11H11ClN6O2/c12-8-3-1-7(2-4-8)11(20)14-6-10(19)13-5-9-15-17-18-16-9/h1-4H,5-6H2,(H,13,19)(H,14,20)(H,15,16,17,18). The van der Waals surface area contributed by atoms with Gasteiger partial charge in [0, 0.05) is 10.6 Å². The topological polar surface area (TPSA) is 113 Å². The number of nitrogens with zero attached hydrogens (tertiary/aromatic N) is 3. The van der Waals surface area contributed by atoms with Gasteiger partial charge in [0.15, 0.2) is 5.82 Å². The highest BCUT2D eigenvalue weighted by Crippen LogP contribution is 2.09. The van der Waals surface area contributed by atoms with Gasteiger partial charge in [-0.1, -0.05) is 16.8 Å². The van der Waals surface area contributed by atoms with Gasteiger partial charge in [0.25, 0.3) is 5.91 Å². The lowest BCUT2D eigenvalue weighted by Crippen LogP contribution is -2.36. The molecule has 0 unspecified atom stereocenters. The largest absolute Gasteiger partial charge is 0.347 e. The van der Waals surface area contributed by atoms with Crippen LogP contribution in [0.4, 0.5) is 0 Å². The Morgan fingerprint density at radius 2 is 1.95 bits per heavy atom. The number of H-pyrrole nitrogens is 1. The van der Waals surface area contributed by atoms with Gasteiger partial charge >= 0.3 is 0 Å². The van der Waals surface area contributed by atoms with Crippen LogP contribution in [0.2, 0.25) is 5.02 Å². The molecule has 0 aliphatic heterocycles. The van der Waals surface area contributed by atoms with Crippen LogP contribution in [0, 0.1) is 0 Å². The van der Waals surface area contributed by atoms with Crippen LogP contribution in [0.25, 0.3) is 0 Å². The molecule has 20 heavy (non-hydrogen) atoms. The Morgan fingerprint density at radius 3 is 2.60 bits per heavy atom. The summed E-state index contributed by atoms with van der Waals surface area (Å²) in [4.78, 5) is 23.2. The second-order valence-electron chi connectivity index (χ2n) is 3.79. The molecule has 2 amide bonds. The van der Waals surface area contributed by atoms with Gasteiger partial charge in [0.2, 0.25) is 5.91 Å². The number of carbonyl (C=O) groups excluding carboxylic acids is 2. The lowest BCUT2D eigenvalue weighted by molar-refractivity contribution is -0.120. The molecule has 0 bridgehead atoms. The van der Waals surface area contributed by atoms with Crippen LogP contribution >= 0.6 is 11.6 Å². The number of rotatable bonds is 5. The van der Waals surface area contributed by atoms with E-state index in [-0.39, 0.29) is 24.9 Å². The predicted octanol–water partition coefficient (Wildman–Crippen LogP) is -0.101. The molecule has 0 radical (unpaired) electrons. The van der Waals surface area contributed by atoms with Crippen molar-refractivity contribution in [2.24, 2.45) is 0 Å². The first-order valence-corrected chi connectivity index (χ1v) is 6.06. The Bertz CT molecular complexity index is 583. The normalized spacial score (nSPS) is 10.1. The molecule has 2 aromatic rings. The SMILES string of the molecule is O=C(CNC(=O)c1ccc(Cl)cc1)NCc1nn[nH]n1. The average Bonchev–Trinajstić information content (AvgIpc) is 2.96. The third kappa shape index (κ3) is 4.02. The van der Waals surface area contributed by atoms with Crippen LogP contribution in [0.5, 0.6) is 0 Å². The van der Waals surface area contributed by atoms with Crippen molar-refractivity contribution >= 4 is 23.4 Å². The minimum absolute atomic E-state index is 0.140. The van der Waals surface area contributed by atoms with E-state index in [1.807, 2.05) is 0 Å². The second-order valence-corrected chi connectivity index (χ2v) is 4.23. The summed E-state index contributed by atoms with van der Waals surface area (Å²) in [5.41, 5.74) is 0.431. The number of hydrogen-bond acceptors (Lipinski definition) is 5. The molecule has 3 N–H and O–H groups in total. The monoisotopic (exact) mass is 294 g/mol. The molecular weight excluding hydrogens is 284 g/mol. The average molecular weight is 295 g/mol. The lowest BCUT2D eigenvalue weighted by Gasteiger charge is -2.05. The van der Waals surface area contributed by atoms with E-state index in [4.69, 9.17) is 11.6 Å². The molecule has 1 aromatic heterocycles. The minimum atomic E-state index is -0.351. The molecular formula is C11H11ClN6O2. The summed E-state index contributed by atoms with van der Waals surface area (Å²) in [6.07, 6.45) is 0. The van der Waals surface area contributed by atoms with E-state index in [0.717, 1.165) is 0 Å². The minimum Gasteiger partial charge on any atom is -0.347 e. The maximum Gasteiger partial charge on any atom is 0.251 e. The molecule has 0 fully saturated rings. The lowest BCUT2D eigenvalue weighted by atomic mass is 10.2. The Labute approximate surface area is 118 Å². The Hall–Kier alpha value is -2.48. The van der Waals surface area contributed by atoms with Gasteiger partial charge in [-0.25, -0.2) is 0 Å². The molecule has 1 aromatic carbocycles. The highest BCUT2D eigenvalue weighted by molar-refractivity contribution is 6.30. The first kappa shape index (κ1) is 13.9. The third-order valence-corrected chi connectivity index (χ3v) is 2.60. The van der Waals surface area contributed by atoms with E-state index < -0.39 is 0 Å². The van der Waals surface area contributed by atoms with Crippen molar-refractivity contribution in [1.29, 1.82) is 0 Å². The van der Waals surface area contributed by atoms with Gasteiger partial charge in [-0.2, -0.15) is 5.21 Å². The molecule has 0 aliphatic rings. The number of nitrogens with one attached hydrogen (secondary N) is 3. The zero-order valence-corrected chi connectivity index (χ0v) is 11.0. The number of amides is 2. The van der Waals surface area contributed by atoms with Gasteiger partial charge in [-0.05, 0) is 24.3 Å². The zero-order valence-electron chi connectivity index (χ0n) is 10.3. The van der Waals surface area contributed by atoms with E-state index in [2.05, 4.69) is 31.3 Å². The smallest absolute Gasteiger partial charge is 0.251 e. The van der Waals surface area contributed by atoms with Crippen LogP contribution in [0.1, 0.15) is 16.2 Å². The Balaban J connectivity index is 1.75. The maximum atomic E-state index is 11.7. The van der Waals surface area contributed by atoms with E-state index in [1.54, 1.807) is 24.3 Å². The second kappa shape index (κ2) is 6.62. The number of tetrazole rings is 1. The molecule has 8 nitrogen and oxygen atoms in total. The predicted molar refractivity (Wildman–Crippen MR) is 69.8 cm³/mol. The molecule has 2 rings (SSSR count). The molecule has 0 saturated heterocycles. The van der Waals surface area contributed by atoms with Crippen LogP contribution in [-0.4, -0.2) is 39.0 Å². The fraction of sp³-hybridized carbons (Fsp3) is 0.182. The van der Waals surface area contributed by atoms with Crippen molar-refractivity contribution in [3.63, 3.8) is 0 Å². The van der Waals surface area contributed by atoms with Crippen LogP contribution in [0.3, 0.4) is 0 Å². The summed E-state index contributed by atoms with van der Waals surface area (Å²) in [5, 5.41) is 18.5. The Morgan fingerprint density at radius 1 is 1.20 bits per heavy atom. The van der Waals surface area contributed by atoms with Crippen LogP contribution in [-0.2, 0) is 11.3 Å². The van der Waals surface area contributed by atoms with E-state index in [0.29, 0.717) is 16.4 Å². The fourth-order valence-electron chi connectivity index (χ4n) is 1.36. The molecule has 0 atom stereocenters. The summed E-state index contributed by atoms with van der Waals surface area (Å²) in [7, 11) is 0. The summed E-state index contributed by atoms with van der Waals surface area (Å²) in [6, 6.07) is 6.36. The fourth-order valence-corrected chi connectivity index (χ4v) is 1.49. The molecule has 0 spiro atoms. The van der Waals surface area contributed by atoms with Crippen LogP contribution in [0.15, 0.2) is 24.3 Å². The first-order chi connectivity index (χ1) is 9.65. The highest BCUT2D eigenvalue weighted by Gasteiger charge is 2.08. The van der Waals surface area contributed by atoms with Gasteiger partial charge in [0.1, 0.15) is 0 Å². The summed E-state index contributed by atoms with van der Waals surface area (Å²) >= 11 is 5.72. The summed E-state index contributed by atoms with van der Waals surface area (Å²) < 4.78 is 0. The molecule has 9 heteroatoms. The summed E-state index contributed by atoms with van der Waals surface area (Å²) in [5.74, 6) is -0.337. The maximum absolute atomic E-state index is 11.7. The van der Waals surface area contributed by atoms with E-state index in [1.165, 1.54) is 0 Å². The first-order valence-electron chi connectivity index (χ1n) is 5.68. The number of hydrogen-bond donors (Lipinski definition) is 3. The molecule has 0 saturated carbocycles. The van der Waals surface area contributed by atoms with Gasteiger partial charge in [-0.15, -0.1) is 10.2 Å².